The van der Waals surface area contributed by atoms with Crippen LogP contribution in [-0.4, -0.2) is 48.9 Å². The van der Waals surface area contributed by atoms with Gasteiger partial charge in [0.1, 0.15) is 0 Å². The molecule has 1 radical (unpaired) electrons. The Labute approximate surface area is 120 Å². The van der Waals surface area contributed by atoms with E-state index in [1.54, 1.807) is 0 Å². The van der Waals surface area contributed by atoms with Crippen LogP contribution in [0.1, 0.15) is 0 Å². The van der Waals surface area contributed by atoms with Gasteiger partial charge in [-0.1, -0.05) is 0 Å². The molecule has 0 amide bonds. The van der Waals surface area contributed by atoms with Gasteiger partial charge in [0.25, 0.3) is 0 Å². The van der Waals surface area contributed by atoms with E-state index >= 15 is 0 Å². The predicted molar refractivity (Wildman–Crippen MR) is 13.4 cm³/mol. The molecule has 0 aromatic heterocycles. The monoisotopic (exact) mass is 407 g/mol. The van der Waals surface area contributed by atoms with Gasteiger partial charge >= 0.3 is 95.8 Å². The molecule has 0 aromatic rings. The van der Waals surface area contributed by atoms with Gasteiger partial charge in [0, 0.05) is 0 Å². The minimum absolute atomic E-state index is 0. The van der Waals surface area contributed by atoms with Crippen molar-refractivity contribution in [3.63, 3.8) is 0 Å². The molecule has 0 aliphatic rings. The summed E-state index contributed by atoms with van der Waals surface area (Å²) >= 11 is 0. The second kappa shape index (κ2) is 7.31. The van der Waals surface area contributed by atoms with Gasteiger partial charge in [-0.25, -0.2) is 0 Å². The van der Waals surface area contributed by atoms with Crippen LogP contribution in [-0.2, 0) is 4.57 Å². The normalized spacial score (nSPS) is 8.43. The minimum atomic E-state index is -5.39. The van der Waals surface area contributed by atoms with E-state index in [9.17, 15) is 0 Å². The van der Waals surface area contributed by atoms with Gasteiger partial charge < -0.3 is 19.2 Å². The number of rotatable bonds is 0. The van der Waals surface area contributed by atoms with E-state index in [2.05, 4.69) is 0 Å². The molecule has 0 aliphatic carbocycles. The Morgan fingerprint density at radius 2 is 1.14 bits per heavy atom. The SMILES string of the molecule is O=P([O-])([O-])[O-].[Ba+2].[Yb+3]. The fourth-order valence-corrected chi connectivity index (χ4v) is 0. The first-order chi connectivity index (χ1) is 2.00. The van der Waals surface area contributed by atoms with Crippen LogP contribution in [0.5, 0.6) is 0 Å². The Bertz CT molecular complexity index is 57.8. The molecule has 0 saturated heterocycles. The van der Waals surface area contributed by atoms with Crippen molar-refractivity contribution in [1.29, 1.82) is 0 Å². The molecule has 0 rings (SSSR count). The summed E-state index contributed by atoms with van der Waals surface area (Å²) in [6.07, 6.45) is 0. The van der Waals surface area contributed by atoms with Crippen molar-refractivity contribution in [3.05, 3.63) is 0 Å². The van der Waals surface area contributed by atoms with Crippen LogP contribution in [0, 0.1) is 46.9 Å². The van der Waals surface area contributed by atoms with E-state index in [4.69, 9.17) is 19.2 Å². The summed E-state index contributed by atoms with van der Waals surface area (Å²) in [4.78, 5) is 25.6. The summed E-state index contributed by atoms with van der Waals surface area (Å²) in [6.45, 7) is 0. The van der Waals surface area contributed by atoms with Crippen LogP contribution < -0.4 is 14.7 Å². The first kappa shape index (κ1) is 16.7. The number of phosphoric acid groups is 1. The molecule has 0 spiro atoms. The molecule has 4 nitrogen and oxygen atoms in total. The Morgan fingerprint density at radius 1 is 1.14 bits per heavy atom. The van der Waals surface area contributed by atoms with E-state index < -0.39 is 7.82 Å². The third kappa shape index (κ3) is 46.6. The zero-order valence-electron chi connectivity index (χ0n) is 3.05. The topological polar surface area (TPSA) is 86.2 Å². The van der Waals surface area contributed by atoms with Crippen LogP contribution in [0.15, 0.2) is 0 Å². The van der Waals surface area contributed by atoms with Gasteiger partial charge in [0.15, 0.2) is 0 Å². The van der Waals surface area contributed by atoms with Crippen molar-refractivity contribution in [2.75, 3.05) is 0 Å². The van der Waals surface area contributed by atoms with Gasteiger partial charge in [-0.05, 0) is 0 Å². The standard InChI is InChI=1S/Ba.H3O4P.Yb/c;1-5(2,3)4;/h;(H3,1,2,3,4);/q+2;;+3/p-3. The van der Waals surface area contributed by atoms with E-state index in [1.807, 2.05) is 0 Å². The Morgan fingerprint density at radius 3 is 1.14 bits per heavy atom. The molecule has 0 aliphatic heterocycles. The van der Waals surface area contributed by atoms with Crippen LogP contribution in [0.2, 0.25) is 0 Å². The molecular weight excluding hydrogens is 405 g/mol. The molecule has 0 unspecified atom stereocenters. The maximum atomic E-state index is 8.55. The Balaban J connectivity index is -0.0000000800. The van der Waals surface area contributed by atoms with E-state index in [0.29, 0.717) is 0 Å². The zero-order chi connectivity index (χ0) is 4.50. The third-order valence-corrected chi connectivity index (χ3v) is 0. The van der Waals surface area contributed by atoms with Gasteiger partial charge in [-0.15, -0.1) is 0 Å². The van der Waals surface area contributed by atoms with Crippen molar-refractivity contribution < 1.29 is 66.2 Å². The Kier molecular flexibility index (Phi) is 17.4. The van der Waals surface area contributed by atoms with Crippen LogP contribution in [0.25, 0.3) is 0 Å². The molecule has 0 N–H and O–H groups in total. The maximum Gasteiger partial charge on any atom is 3.00 e. The third-order valence-electron chi connectivity index (χ3n) is 0. The zero-order valence-corrected chi connectivity index (χ0v) is 10.1. The summed E-state index contributed by atoms with van der Waals surface area (Å²) in [7, 11) is -5.39. The van der Waals surface area contributed by atoms with Crippen molar-refractivity contribution in [3.8, 4) is 0 Å². The van der Waals surface area contributed by atoms with Gasteiger partial charge in [-0.3, -0.25) is 0 Å². The van der Waals surface area contributed by atoms with E-state index in [1.165, 1.54) is 0 Å². The fraction of sp³-hybridized carbons (Fsp3) is 0. The minimum Gasteiger partial charge on any atom is -0.822 e. The average molecular weight is 405 g/mol. The molecule has 0 bridgehead atoms. The molecule has 0 atom stereocenters. The molecule has 7 heteroatoms. The molecule has 43 valence electrons. The van der Waals surface area contributed by atoms with Crippen molar-refractivity contribution in [2.24, 2.45) is 0 Å². The molecular formula is BaO4PYb+2. The van der Waals surface area contributed by atoms with Crippen molar-refractivity contribution in [1.82, 2.24) is 0 Å². The van der Waals surface area contributed by atoms with Gasteiger partial charge in [0.05, 0.1) is 0 Å². The first-order valence-corrected chi connectivity index (χ1v) is 2.19. The van der Waals surface area contributed by atoms with E-state index in [-0.39, 0.29) is 95.8 Å². The molecule has 0 heterocycles. The predicted octanol–water partition coefficient (Wildman–Crippen LogP) is -3.21. The fourth-order valence-electron chi connectivity index (χ4n) is 0. The van der Waals surface area contributed by atoms with Crippen LogP contribution in [0.4, 0.5) is 0 Å². The Hall–Kier alpha value is 3.20. The smallest absolute Gasteiger partial charge is 0.822 e. The van der Waals surface area contributed by atoms with Gasteiger partial charge in [0.2, 0.25) is 0 Å². The van der Waals surface area contributed by atoms with Gasteiger partial charge in [-0.2, -0.15) is 7.82 Å². The molecule has 0 saturated carbocycles. The summed E-state index contributed by atoms with van der Waals surface area (Å²) in [5.74, 6) is 0. The summed E-state index contributed by atoms with van der Waals surface area (Å²) in [6, 6.07) is 0. The second-order valence-electron chi connectivity index (χ2n) is 0.447. The van der Waals surface area contributed by atoms with E-state index in [0.717, 1.165) is 0 Å². The number of hydrogen-bond donors (Lipinski definition) is 0. The van der Waals surface area contributed by atoms with Crippen molar-refractivity contribution in [2.45, 2.75) is 0 Å². The second-order valence-corrected chi connectivity index (χ2v) is 1.34. The van der Waals surface area contributed by atoms with Crippen LogP contribution in [0.3, 0.4) is 0 Å². The van der Waals surface area contributed by atoms with Crippen LogP contribution >= 0.6 is 7.82 Å². The maximum absolute atomic E-state index is 8.55. The summed E-state index contributed by atoms with van der Waals surface area (Å²) < 4.78 is 8.55. The molecule has 0 aromatic carbocycles. The average Bonchev–Trinajstić information content (AvgIpc) is 0.722. The molecule has 7 heavy (non-hydrogen) atoms. The number of hydrogen-bond acceptors (Lipinski definition) is 4. The van der Waals surface area contributed by atoms with Crippen molar-refractivity contribution >= 4 is 56.7 Å². The first-order valence-electron chi connectivity index (χ1n) is 0.730. The molecule has 0 fully saturated rings. The quantitative estimate of drug-likeness (QED) is 0.314. The summed E-state index contributed by atoms with van der Waals surface area (Å²) in [5, 5.41) is 0. The largest absolute Gasteiger partial charge is 3.00 e. The summed E-state index contributed by atoms with van der Waals surface area (Å²) in [5.41, 5.74) is 0.